The molecule has 5 nitrogen and oxygen atoms in total. The first kappa shape index (κ1) is 17.2. The standard InChI is InChI=1S/C12H21N3O2.HI/c1-4-7-14-12(13-2)15-8-5-10(6-9-15)11(16)17-3;/h4,10H,1,5-9H2,2-3H3,(H,13,14);1H. The number of hydrogen-bond acceptors (Lipinski definition) is 3. The highest BCUT2D eigenvalue weighted by atomic mass is 127. The number of piperidine rings is 1. The molecule has 0 aromatic heterocycles. The van der Waals surface area contributed by atoms with E-state index in [0.29, 0.717) is 6.54 Å². The molecule has 1 rings (SSSR count). The lowest BCUT2D eigenvalue weighted by Crippen LogP contribution is -2.46. The number of halogens is 1. The second-order valence-electron chi connectivity index (χ2n) is 4.00. The molecule has 6 heteroatoms. The summed E-state index contributed by atoms with van der Waals surface area (Å²) in [5.41, 5.74) is 0. The molecular formula is C12H22IN3O2. The van der Waals surface area contributed by atoms with E-state index in [0.717, 1.165) is 31.9 Å². The van der Waals surface area contributed by atoms with E-state index in [2.05, 4.69) is 21.8 Å². The second-order valence-corrected chi connectivity index (χ2v) is 4.00. The van der Waals surface area contributed by atoms with Crippen molar-refractivity contribution in [3.05, 3.63) is 12.7 Å². The summed E-state index contributed by atoms with van der Waals surface area (Å²) in [5.74, 6) is 0.806. The van der Waals surface area contributed by atoms with Crippen molar-refractivity contribution in [2.75, 3.05) is 33.8 Å². The predicted molar refractivity (Wildman–Crippen MR) is 83.3 cm³/mol. The van der Waals surface area contributed by atoms with Gasteiger partial charge in [-0.15, -0.1) is 30.6 Å². The Labute approximate surface area is 126 Å². The zero-order valence-corrected chi connectivity index (χ0v) is 13.3. The lowest BCUT2D eigenvalue weighted by Gasteiger charge is -2.32. The van der Waals surface area contributed by atoms with Crippen molar-refractivity contribution < 1.29 is 9.53 Å². The maximum atomic E-state index is 11.4. The minimum Gasteiger partial charge on any atom is -0.469 e. The van der Waals surface area contributed by atoms with E-state index in [1.165, 1.54) is 7.11 Å². The molecule has 1 N–H and O–H groups in total. The second kappa shape index (κ2) is 9.18. The van der Waals surface area contributed by atoms with Gasteiger partial charge in [0.05, 0.1) is 13.0 Å². The van der Waals surface area contributed by atoms with Crippen molar-refractivity contribution in [2.24, 2.45) is 10.9 Å². The van der Waals surface area contributed by atoms with E-state index in [9.17, 15) is 4.79 Å². The van der Waals surface area contributed by atoms with Crippen LogP contribution in [0.4, 0.5) is 0 Å². The third-order valence-corrected chi connectivity index (χ3v) is 2.95. The Kier molecular flexibility index (Phi) is 8.78. The lowest BCUT2D eigenvalue weighted by molar-refractivity contribution is -0.146. The molecule has 0 amide bonds. The van der Waals surface area contributed by atoms with Gasteiger partial charge in [0.25, 0.3) is 0 Å². The summed E-state index contributed by atoms with van der Waals surface area (Å²) in [5, 5.41) is 3.19. The molecule has 1 aliphatic rings. The van der Waals surface area contributed by atoms with Crippen LogP contribution >= 0.6 is 24.0 Å². The fourth-order valence-corrected chi connectivity index (χ4v) is 1.99. The van der Waals surface area contributed by atoms with Crippen LogP contribution in [0.3, 0.4) is 0 Å². The number of likely N-dealkylation sites (tertiary alicyclic amines) is 1. The fraction of sp³-hybridized carbons (Fsp3) is 0.667. The smallest absolute Gasteiger partial charge is 0.308 e. The molecule has 0 bridgehead atoms. The molecule has 18 heavy (non-hydrogen) atoms. The van der Waals surface area contributed by atoms with E-state index in [1.54, 1.807) is 13.1 Å². The first-order chi connectivity index (χ1) is 8.22. The average Bonchev–Trinajstić information content (AvgIpc) is 2.39. The Hall–Kier alpha value is -0.790. The fourth-order valence-electron chi connectivity index (χ4n) is 1.99. The van der Waals surface area contributed by atoms with Crippen LogP contribution in [-0.4, -0.2) is 50.6 Å². The average molecular weight is 367 g/mol. The molecule has 1 fully saturated rings. The third kappa shape index (κ3) is 4.83. The molecule has 1 saturated heterocycles. The quantitative estimate of drug-likeness (QED) is 0.268. The Morgan fingerprint density at radius 1 is 1.56 bits per heavy atom. The number of guanidine groups is 1. The molecule has 0 aliphatic carbocycles. The molecule has 0 aromatic rings. The minimum atomic E-state index is -0.0984. The number of carbonyl (C=O) groups is 1. The Morgan fingerprint density at radius 2 is 2.17 bits per heavy atom. The summed E-state index contributed by atoms with van der Waals surface area (Å²) in [6, 6.07) is 0. The van der Waals surface area contributed by atoms with Gasteiger partial charge < -0.3 is 15.0 Å². The zero-order valence-electron chi connectivity index (χ0n) is 11.0. The maximum Gasteiger partial charge on any atom is 0.308 e. The van der Waals surface area contributed by atoms with Crippen molar-refractivity contribution in [2.45, 2.75) is 12.8 Å². The molecule has 1 heterocycles. The number of esters is 1. The van der Waals surface area contributed by atoms with Gasteiger partial charge in [-0.3, -0.25) is 9.79 Å². The topological polar surface area (TPSA) is 53.9 Å². The van der Waals surface area contributed by atoms with Crippen LogP contribution in [-0.2, 0) is 9.53 Å². The number of rotatable bonds is 3. The first-order valence-electron chi connectivity index (χ1n) is 5.87. The number of aliphatic imine (C=N–C) groups is 1. The van der Waals surface area contributed by atoms with Gasteiger partial charge in [-0.2, -0.15) is 0 Å². The van der Waals surface area contributed by atoms with Crippen LogP contribution in [0.2, 0.25) is 0 Å². The van der Waals surface area contributed by atoms with Gasteiger partial charge in [-0.25, -0.2) is 0 Å². The van der Waals surface area contributed by atoms with Crippen LogP contribution in [0.25, 0.3) is 0 Å². The molecule has 1 aliphatic heterocycles. The van der Waals surface area contributed by atoms with E-state index < -0.39 is 0 Å². The molecular weight excluding hydrogens is 345 g/mol. The SMILES string of the molecule is C=CCNC(=NC)N1CCC(C(=O)OC)CC1.I. The molecule has 0 spiro atoms. The number of nitrogens with one attached hydrogen (secondary N) is 1. The maximum absolute atomic E-state index is 11.4. The van der Waals surface area contributed by atoms with Crippen molar-refractivity contribution in [3.63, 3.8) is 0 Å². The summed E-state index contributed by atoms with van der Waals surface area (Å²) >= 11 is 0. The van der Waals surface area contributed by atoms with E-state index >= 15 is 0 Å². The molecule has 0 unspecified atom stereocenters. The van der Waals surface area contributed by atoms with Crippen LogP contribution in [0.1, 0.15) is 12.8 Å². The summed E-state index contributed by atoms with van der Waals surface area (Å²) in [4.78, 5) is 17.7. The first-order valence-corrected chi connectivity index (χ1v) is 5.87. The normalized spacial score (nSPS) is 16.8. The van der Waals surface area contributed by atoms with Gasteiger partial charge in [0, 0.05) is 26.7 Å². The predicted octanol–water partition coefficient (Wildman–Crippen LogP) is 1.25. The van der Waals surface area contributed by atoms with Crippen LogP contribution < -0.4 is 5.32 Å². The van der Waals surface area contributed by atoms with Crippen molar-refractivity contribution >= 4 is 35.9 Å². The Balaban J connectivity index is 0.00000289. The summed E-state index contributed by atoms with van der Waals surface area (Å²) in [7, 11) is 3.21. The largest absolute Gasteiger partial charge is 0.469 e. The van der Waals surface area contributed by atoms with Crippen molar-refractivity contribution in [3.8, 4) is 0 Å². The van der Waals surface area contributed by atoms with E-state index in [-0.39, 0.29) is 35.9 Å². The summed E-state index contributed by atoms with van der Waals surface area (Å²) < 4.78 is 4.76. The van der Waals surface area contributed by atoms with Crippen molar-refractivity contribution in [1.29, 1.82) is 0 Å². The molecule has 0 aromatic carbocycles. The number of hydrogen-bond donors (Lipinski definition) is 1. The van der Waals surface area contributed by atoms with Gasteiger partial charge in [0.2, 0.25) is 0 Å². The highest BCUT2D eigenvalue weighted by molar-refractivity contribution is 14.0. The highest BCUT2D eigenvalue weighted by Gasteiger charge is 2.26. The summed E-state index contributed by atoms with van der Waals surface area (Å²) in [6.45, 7) is 6.02. The Bertz CT molecular complexity index is 300. The number of nitrogens with zero attached hydrogens (tertiary/aromatic N) is 2. The lowest BCUT2D eigenvalue weighted by atomic mass is 9.97. The van der Waals surface area contributed by atoms with Crippen LogP contribution in [0.15, 0.2) is 17.6 Å². The van der Waals surface area contributed by atoms with Gasteiger partial charge in [-0.1, -0.05) is 6.08 Å². The van der Waals surface area contributed by atoms with E-state index in [4.69, 9.17) is 4.74 Å². The van der Waals surface area contributed by atoms with E-state index in [1.807, 2.05) is 0 Å². The van der Waals surface area contributed by atoms with Crippen molar-refractivity contribution in [1.82, 2.24) is 10.2 Å². The van der Waals surface area contributed by atoms with Gasteiger partial charge >= 0.3 is 5.97 Å². The number of carbonyl (C=O) groups excluding carboxylic acids is 1. The van der Waals surface area contributed by atoms with Gasteiger partial charge in [0.15, 0.2) is 5.96 Å². The molecule has 0 atom stereocenters. The zero-order chi connectivity index (χ0) is 12.7. The molecule has 104 valence electrons. The van der Waals surface area contributed by atoms with Crippen LogP contribution in [0.5, 0.6) is 0 Å². The van der Waals surface area contributed by atoms with Gasteiger partial charge in [0.1, 0.15) is 0 Å². The summed E-state index contributed by atoms with van der Waals surface area (Å²) in [6.07, 6.45) is 3.44. The minimum absolute atomic E-state index is 0. The number of ether oxygens (including phenoxy) is 1. The molecule has 0 saturated carbocycles. The van der Waals surface area contributed by atoms with Gasteiger partial charge in [-0.05, 0) is 12.8 Å². The van der Waals surface area contributed by atoms with Crippen LogP contribution in [0, 0.1) is 5.92 Å². The number of methoxy groups -OCH3 is 1. The highest BCUT2D eigenvalue weighted by Crippen LogP contribution is 2.18. The molecule has 0 radical (unpaired) electrons. The third-order valence-electron chi connectivity index (χ3n) is 2.95. The monoisotopic (exact) mass is 367 g/mol. The Morgan fingerprint density at radius 3 is 2.61 bits per heavy atom.